The number of nitrogens with zero attached hydrogens (tertiary/aromatic N) is 1. The smallest absolute Gasteiger partial charge is 0.266 e. The molecule has 2 aromatic carbocycles. The van der Waals surface area contributed by atoms with E-state index in [9.17, 15) is 4.79 Å². The first kappa shape index (κ1) is 21.9. The second-order valence-corrected chi connectivity index (χ2v) is 8.13. The van der Waals surface area contributed by atoms with Crippen LogP contribution in [0.25, 0.3) is 6.08 Å². The highest BCUT2D eigenvalue weighted by atomic mass is 32.2. The Kier molecular flexibility index (Phi) is 7.88. The SMILES string of the molecule is C=CCc1ccccc1OCCOc1cccc(/C=C2\SC(=S)N(CC=C)C2=O)c1. The molecule has 4 nitrogen and oxygen atoms in total. The molecule has 30 heavy (non-hydrogen) atoms. The lowest BCUT2D eigenvalue weighted by molar-refractivity contribution is -0.121. The third-order valence-corrected chi connectivity index (χ3v) is 5.67. The minimum atomic E-state index is -0.0946. The molecule has 3 rings (SSSR count). The van der Waals surface area contributed by atoms with Gasteiger partial charge in [-0.15, -0.1) is 13.2 Å². The Bertz CT molecular complexity index is 984. The highest BCUT2D eigenvalue weighted by Gasteiger charge is 2.30. The lowest BCUT2D eigenvalue weighted by Gasteiger charge is -2.11. The fourth-order valence-corrected chi connectivity index (χ4v) is 4.19. The van der Waals surface area contributed by atoms with E-state index in [0.29, 0.717) is 34.7 Å². The highest BCUT2D eigenvalue weighted by Crippen LogP contribution is 2.32. The first-order valence-electron chi connectivity index (χ1n) is 9.53. The number of allylic oxidation sites excluding steroid dienone is 1. The number of hydrogen-bond donors (Lipinski definition) is 0. The Hall–Kier alpha value is -2.83. The summed E-state index contributed by atoms with van der Waals surface area (Å²) in [4.78, 5) is 14.6. The third-order valence-electron chi connectivity index (χ3n) is 4.29. The van der Waals surface area contributed by atoms with Crippen molar-refractivity contribution in [2.45, 2.75) is 6.42 Å². The maximum Gasteiger partial charge on any atom is 0.266 e. The van der Waals surface area contributed by atoms with E-state index in [1.165, 1.54) is 11.8 Å². The molecule has 0 saturated carbocycles. The van der Waals surface area contributed by atoms with Crippen LogP contribution in [-0.2, 0) is 11.2 Å². The summed E-state index contributed by atoms with van der Waals surface area (Å²) in [7, 11) is 0. The molecular weight excluding hydrogens is 414 g/mol. The van der Waals surface area contributed by atoms with Gasteiger partial charge in [-0.2, -0.15) is 0 Å². The largest absolute Gasteiger partial charge is 0.490 e. The topological polar surface area (TPSA) is 38.8 Å². The molecule has 1 fully saturated rings. The Morgan fingerprint density at radius 3 is 2.63 bits per heavy atom. The second-order valence-electron chi connectivity index (χ2n) is 6.45. The first-order chi connectivity index (χ1) is 14.6. The second kappa shape index (κ2) is 10.8. The molecule has 0 N–H and O–H groups in total. The van der Waals surface area contributed by atoms with Gasteiger partial charge in [-0.3, -0.25) is 9.69 Å². The zero-order valence-corrected chi connectivity index (χ0v) is 18.2. The highest BCUT2D eigenvalue weighted by molar-refractivity contribution is 8.26. The van der Waals surface area contributed by atoms with E-state index in [1.54, 1.807) is 11.0 Å². The summed E-state index contributed by atoms with van der Waals surface area (Å²) >= 11 is 6.57. The Morgan fingerprint density at radius 1 is 1.03 bits per heavy atom. The van der Waals surface area contributed by atoms with E-state index in [4.69, 9.17) is 21.7 Å². The molecule has 1 aliphatic rings. The van der Waals surface area contributed by atoms with Gasteiger partial charge in [-0.1, -0.05) is 66.5 Å². The zero-order chi connectivity index (χ0) is 21.3. The molecule has 154 valence electrons. The Morgan fingerprint density at radius 2 is 1.83 bits per heavy atom. The molecule has 0 atom stereocenters. The summed E-state index contributed by atoms with van der Waals surface area (Å²) in [5.41, 5.74) is 1.98. The molecule has 2 aromatic rings. The monoisotopic (exact) mass is 437 g/mol. The van der Waals surface area contributed by atoms with Crippen LogP contribution in [0.15, 0.2) is 78.7 Å². The van der Waals surface area contributed by atoms with Crippen LogP contribution in [0.5, 0.6) is 11.5 Å². The van der Waals surface area contributed by atoms with Crippen LogP contribution in [0.3, 0.4) is 0 Å². The molecule has 0 aliphatic carbocycles. The number of thiocarbonyl (C=S) groups is 1. The maximum absolute atomic E-state index is 12.5. The normalized spacial score (nSPS) is 14.8. The number of thioether (sulfide) groups is 1. The van der Waals surface area contributed by atoms with Crippen molar-refractivity contribution >= 4 is 40.3 Å². The average molecular weight is 438 g/mol. The van der Waals surface area contributed by atoms with Crippen molar-refractivity contribution in [2.24, 2.45) is 0 Å². The summed E-state index contributed by atoms with van der Waals surface area (Å²) < 4.78 is 12.2. The molecule has 1 amide bonds. The zero-order valence-electron chi connectivity index (χ0n) is 16.6. The lowest BCUT2D eigenvalue weighted by atomic mass is 10.1. The minimum Gasteiger partial charge on any atom is -0.490 e. The molecule has 1 saturated heterocycles. The molecule has 0 spiro atoms. The molecule has 1 heterocycles. The van der Waals surface area contributed by atoms with Gasteiger partial charge in [0.05, 0.1) is 4.91 Å². The van der Waals surface area contributed by atoms with Crippen LogP contribution < -0.4 is 9.47 Å². The van der Waals surface area contributed by atoms with Crippen molar-refractivity contribution < 1.29 is 14.3 Å². The van der Waals surface area contributed by atoms with Gasteiger partial charge in [0.25, 0.3) is 5.91 Å². The van der Waals surface area contributed by atoms with E-state index in [1.807, 2.05) is 60.7 Å². The van der Waals surface area contributed by atoms with Crippen molar-refractivity contribution in [2.75, 3.05) is 19.8 Å². The standard InChI is InChI=1S/C24H23NO3S2/c1-3-8-19-10-5-6-12-21(19)28-15-14-27-20-11-7-9-18(16-20)17-22-23(26)25(13-4-2)24(29)30-22/h3-7,9-12,16-17H,1-2,8,13-15H2/b22-17-. The summed E-state index contributed by atoms with van der Waals surface area (Å²) in [5, 5.41) is 0. The average Bonchev–Trinajstić information content (AvgIpc) is 3.00. The van der Waals surface area contributed by atoms with Crippen LogP contribution in [0, 0.1) is 0 Å². The number of ether oxygens (including phenoxy) is 2. The number of benzene rings is 2. The van der Waals surface area contributed by atoms with Crippen LogP contribution in [0.4, 0.5) is 0 Å². The first-order valence-corrected chi connectivity index (χ1v) is 10.8. The Balaban J connectivity index is 1.58. The molecule has 6 heteroatoms. The number of rotatable bonds is 10. The predicted molar refractivity (Wildman–Crippen MR) is 128 cm³/mol. The fraction of sp³-hybridized carbons (Fsp3) is 0.167. The number of amides is 1. The summed E-state index contributed by atoms with van der Waals surface area (Å²) in [5.74, 6) is 1.47. The lowest BCUT2D eigenvalue weighted by Crippen LogP contribution is -2.27. The minimum absolute atomic E-state index is 0.0946. The van der Waals surface area contributed by atoms with Crippen molar-refractivity contribution in [1.82, 2.24) is 4.90 Å². The van der Waals surface area contributed by atoms with Crippen LogP contribution in [0.1, 0.15) is 11.1 Å². The molecule has 1 aliphatic heterocycles. The van der Waals surface area contributed by atoms with Gasteiger partial charge in [0.15, 0.2) is 0 Å². The van der Waals surface area contributed by atoms with E-state index in [-0.39, 0.29) is 5.91 Å². The number of carbonyl (C=O) groups is 1. The summed E-state index contributed by atoms with van der Waals surface area (Å²) in [6.45, 7) is 8.70. The van der Waals surface area contributed by atoms with E-state index in [2.05, 4.69) is 13.2 Å². The summed E-state index contributed by atoms with van der Waals surface area (Å²) in [6, 6.07) is 15.5. The Labute approximate surface area is 186 Å². The molecular formula is C24H23NO3S2. The van der Waals surface area contributed by atoms with Gasteiger partial charge in [0.2, 0.25) is 0 Å². The quantitative estimate of drug-likeness (QED) is 0.219. The van der Waals surface area contributed by atoms with Crippen molar-refractivity contribution in [3.05, 3.63) is 89.9 Å². The van der Waals surface area contributed by atoms with Crippen LogP contribution in [-0.4, -0.2) is 34.9 Å². The molecule has 0 bridgehead atoms. The van der Waals surface area contributed by atoms with E-state index in [0.717, 1.165) is 23.3 Å². The van der Waals surface area contributed by atoms with Gasteiger partial charge >= 0.3 is 0 Å². The molecule has 0 unspecified atom stereocenters. The number of carbonyl (C=O) groups excluding carboxylic acids is 1. The van der Waals surface area contributed by atoms with Gasteiger partial charge in [0.1, 0.15) is 29.0 Å². The molecule has 0 aromatic heterocycles. The number of para-hydroxylation sites is 1. The van der Waals surface area contributed by atoms with E-state index < -0.39 is 0 Å². The van der Waals surface area contributed by atoms with Gasteiger partial charge in [0, 0.05) is 6.54 Å². The predicted octanol–water partition coefficient (Wildman–Crippen LogP) is 5.26. The van der Waals surface area contributed by atoms with Gasteiger partial charge < -0.3 is 9.47 Å². The third kappa shape index (κ3) is 5.62. The van der Waals surface area contributed by atoms with Gasteiger partial charge in [-0.25, -0.2) is 0 Å². The summed E-state index contributed by atoms with van der Waals surface area (Å²) in [6.07, 6.45) is 6.12. The van der Waals surface area contributed by atoms with Crippen molar-refractivity contribution in [3.8, 4) is 11.5 Å². The van der Waals surface area contributed by atoms with Crippen molar-refractivity contribution in [1.29, 1.82) is 0 Å². The van der Waals surface area contributed by atoms with Crippen LogP contribution in [0.2, 0.25) is 0 Å². The van der Waals surface area contributed by atoms with E-state index >= 15 is 0 Å². The van der Waals surface area contributed by atoms with Crippen molar-refractivity contribution in [3.63, 3.8) is 0 Å². The van der Waals surface area contributed by atoms with Gasteiger partial charge in [-0.05, 0) is 41.8 Å². The molecule has 0 radical (unpaired) electrons. The van der Waals surface area contributed by atoms with Crippen LogP contribution >= 0.6 is 24.0 Å². The fourth-order valence-electron chi connectivity index (χ4n) is 2.91. The number of hydrogen-bond acceptors (Lipinski definition) is 5. The maximum atomic E-state index is 12.5.